The summed E-state index contributed by atoms with van der Waals surface area (Å²) in [6.07, 6.45) is -7.68. The molecule has 5 rings (SSSR count). The Balaban J connectivity index is 1.49. The minimum atomic E-state index is -5.87. The second kappa shape index (κ2) is 11.0. The first-order chi connectivity index (χ1) is 21.0. The Bertz CT molecular complexity index is 1750. The number of nitrogen functional groups attached to an aromatic ring is 2. The lowest BCUT2D eigenvalue weighted by atomic mass is 9.93. The average Bonchev–Trinajstić information content (AvgIpc) is 3.68. The number of H-pyrrole nitrogens is 1. The van der Waals surface area contributed by atoms with Crippen molar-refractivity contribution in [1.29, 1.82) is 0 Å². The van der Waals surface area contributed by atoms with Crippen LogP contribution in [0.25, 0.3) is 16.8 Å². The molecule has 1 aliphatic heterocycles. The van der Waals surface area contributed by atoms with Crippen LogP contribution in [0.3, 0.4) is 0 Å². The number of fused-ring (bicyclic) bond motifs is 1. The first-order valence-electron chi connectivity index (χ1n) is 13.7. The number of anilines is 2. The number of hydrogen-bond donors (Lipinski definition) is 4. The lowest BCUT2D eigenvalue weighted by Gasteiger charge is -2.32. The maximum atomic E-state index is 13.4. The number of rotatable bonds is 7. The fourth-order valence-corrected chi connectivity index (χ4v) is 5.68. The lowest BCUT2D eigenvalue weighted by Crippen LogP contribution is -2.61. The van der Waals surface area contributed by atoms with Crippen molar-refractivity contribution in [3.05, 3.63) is 53.2 Å². The molecule has 4 aromatic heterocycles. The largest absolute Gasteiger partial charge is 0.421 e. The maximum Gasteiger partial charge on any atom is 0.421 e. The standard InChI is InChI=1S/C27H28F6N10O2/c1-12-3-5-15(42(12)24(45)18-9-20(34)41-40-18)6-7-17-21(13(2)44)22(35)43-23(39-17)16(11-38-43)14-4-8-19(37-10-14)25(36,26(28,29)30)27(31,32)33/h4,8-12,15H,3,5-7,35-36H2,1-2H3,(H3,34,40,41)/t12-,15-/m1/s1. The van der Waals surface area contributed by atoms with Gasteiger partial charge in [0.05, 0.1) is 23.1 Å². The second-order valence-corrected chi connectivity index (χ2v) is 10.9. The van der Waals surface area contributed by atoms with Gasteiger partial charge < -0.3 is 22.1 Å². The van der Waals surface area contributed by atoms with E-state index in [1.807, 2.05) is 6.92 Å². The van der Waals surface area contributed by atoms with Crippen molar-refractivity contribution in [3.63, 3.8) is 0 Å². The van der Waals surface area contributed by atoms with E-state index in [0.29, 0.717) is 18.9 Å². The Kier molecular flexibility index (Phi) is 7.75. The third-order valence-corrected chi connectivity index (χ3v) is 8.05. The summed E-state index contributed by atoms with van der Waals surface area (Å²) in [4.78, 5) is 35.6. The normalized spacial score (nSPS) is 17.8. The predicted octanol–water partition coefficient (Wildman–Crippen LogP) is 3.79. The van der Waals surface area contributed by atoms with Crippen LogP contribution in [0.4, 0.5) is 38.0 Å². The summed E-state index contributed by atoms with van der Waals surface area (Å²) in [6.45, 7) is 3.21. The number of aryl methyl sites for hydroxylation is 1. The Hall–Kier alpha value is -4.74. The Morgan fingerprint density at radius 2 is 1.76 bits per heavy atom. The number of carbonyl (C=O) groups is 2. The lowest BCUT2D eigenvalue weighted by molar-refractivity contribution is -0.303. The van der Waals surface area contributed by atoms with Gasteiger partial charge in [0.2, 0.25) is 0 Å². The van der Waals surface area contributed by atoms with E-state index in [1.165, 1.54) is 19.2 Å². The number of nitrogens with one attached hydrogen (secondary N) is 1. The molecule has 1 aliphatic rings. The molecular formula is C27H28F6N10O2. The van der Waals surface area contributed by atoms with Gasteiger partial charge in [0.15, 0.2) is 11.4 Å². The van der Waals surface area contributed by atoms with Crippen molar-refractivity contribution in [2.24, 2.45) is 5.73 Å². The third-order valence-electron chi connectivity index (χ3n) is 8.05. The number of Topliss-reactive ketones (excluding diaryl/α,β-unsaturated/α-hetero) is 1. The molecule has 0 aliphatic carbocycles. The van der Waals surface area contributed by atoms with Crippen LogP contribution in [0.15, 0.2) is 30.6 Å². The molecule has 1 saturated heterocycles. The monoisotopic (exact) mass is 638 g/mol. The van der Waals surface area contributed by atoms with E-state index in [4.69, 9.17) is 17.2 Å². The van der Waals surface area contributed by atoms with Crippen LogP contribution < -0.4 is 17.2 Å². The van der Waals surface area contributed by atoms with Crippen molar-refractivity contribution < 1.29 is 35.9 Å². The molecule has 0 aromatic carbocycles. The molecule has 0 bridgehead atoms. The second-order valence-electron chi connectivity index (χ2n) is 10.9. The highest BCUT2D eigenvalue weighted by Gasteiger charge is 2.70. The summed E-state index contributed by atoms with van der Waals surface area (Å²) in [5.74, 6) is -0.575. The zero-order valence-electron chi connectivity index (χ0n) is 23.9. The molecule has 45 heavy (non-hydrogen) atoms. The van der Waals surface area contributed by atoms with Crippen LogP contribution in [0.5, 0.6) is 0 Å². The summed E-state index contributed by atoms with van der Waals surface area (Å²) >= 11 is 0. The minimum absolute atomic E-state index is 0.0610. The Labute approximate surface area is 251 Å². The quantitative estimate of drug-likeness (QED) is 0.173. The SMILES string of the molecule is CC(=O)c1c(CC[C@H]2CC[C@@H](C)N2C(=O)c2cc(N)n[nH]2)nc2c(-c3ccc(C(N)(C(F)(F)F)C(F)(F)F)nc3)cnn2c1N. The van der Waals surface area contributed by atoms with Crippen LogP contribution >= 0.6 is 0 Å². The van der Waals surface area contributed by atoms with E-state index >= 15 is 0 Å². The molecule has 4 aromatic rings. The number of aromatic nitrogens is 6. The van der Waals surface area contributed by atoms with Crippen LogP contribution in [-0.2, 0) is 12.0 Å². The van der Waals surface area contributed by atoms with Crippen molar-refractivity contribution in [2.75, 3.05) is 11.5 Å². The summed E-state index contributed by atoms with van der Waals surface area (Å²) in [5, 5.41) is 10.6. The molecule has 0 saturated carbocycles. The summed E-state index contributed by atoms with van der Waals surface area (Å²) in [5.41, 5.74) is 11.7. The van der Waals surface area contributed by atoms with Gasteiger partial charge in [-0.15, -0.1) is 0 Å². The van der Waals surface area contributed by atoms with Crippen LogP contribution in [0.1, 0.15) is 65.3 Å². The van der Waals surface area contributed by atoms with E-state index in [2.05, 4.69) is 25.3 Å². The van der Waals surface area contributed by atoms with Crippen molar-refractivity contribution in [2.45, 2.75) is 69.5 Å². The molecule has 2 atom stereocenters. The molecule has 12 nitrogen and oxygen atoms in total. The number of likely N-dealkylation sites (tertiary alicyclic amines) is 1. The van der Waals surface area contributed by atoms with Crippen LogP contribution in [0, 0.1) is 0 Å². The molecule has 1 fully saturated rings. The highest BCUT2D eigenvalue weighted by molar-refractivity contribution is 6.00. The number of halogens is 6. The highest BCUT2D eigenvalue weighted by Crippen LogP contribution is 2.47. The van der Waals surface area contributed by atoms with Gasteiger partial charge >= 0.3 is 12.4 Å². The molecular weight excluding hydrogens is 610 g/mol. The van der Waals surface area contributed by atoms with Gasteiger partial charge in [-0.3, -0.25) is 19.7 Å². The van der Waals surface area contributed by atoms with Gasteiger partial charge in [0, 0.05) is 35.5 Å². The topological polar surface area (TPSA) is 187 Å². The van der Waals surface area contributed by atoms with Gasteiger partial charge in [-0.25, -0.2) is 4.98 Å². The highest BCUT2D eigenvalue weighted by atomic mass is 19.4. The van der Waals surface area contributed by atoms with E-state index in [0.717, 1.165) is 23.2 Å². The van der Waals surface area contributed by atoms with Crippen LogP contribution in [0.2, 0.25) is 0 Å². The molecule has 0 radical (unpaired) electrons. The van der Waals surface area contributed by atoms with E-state index in [-0.39, 0.29) is 69.8 Å². The molecule has 7 N–H and O–H groups in total. The Morgan fingerprint density at radius 3 is 2.31 bits per heavy atom. The number of amides is 1. The van der Waals surface area contributed by atoms with E-state index < -0.39 is 29.4 Å². The fourth-order valence-electron chi connectivity index (χ4n) is 5.68. The van der Waals surface area contributed by atoms with Gasteiger partial charge in [-0.05, 0) is 45.6 Å². The number of nitrogens with zero attached hydrogens (tertiary/aromatic N) is 6. The van der Waals surface area contributed by atoms with E-state index in [9.17, 15) is 35.9 Å². The van der Waals surface area contributed by atoms with Gasteiger partial charge in [-0.1, -0.05) is 6.07 Å². The zero-order chi connectivity index (χ0) is 33.1. The molecule has 1 amide bonds. The van der Waals surface area contributed by atoms with Gasteiger partial charge in [0.25, 0.3) is 11.4 Å². The van der Waals surface area contributed by atoms with Crippen molar-refractivity contribution >= 4 is 29.0 Å². The molecule has 240 valence electrons. The van der Waals surface area contributed by atoms with E-state index in [1.54, 1.807) is 4.90 Å². The summed E-state index contributed by atoms with van der Waals surface area (Å²) < 4.78 is 81.8. The number of ketones is 1. The number of hydrogen-bond acceptors (Lipinski definition) is 9. The summed E-state index contributed by atoms with van der Waals surface area (Å²) in [6, 6.07) is 2.65. The van der Waals surface area contributed by atoms with Gasteiger partial charge in [-0.2, -0.15) is 41.1 Å². The average molecular weight is 639 g/mol. The predicted molar refractivity (Wildman–Crippen MR) is 149 cm³/mol. The Morgan fingerprint density at radius 1 is 1.07 bits per heavy atom. The molecule has 0 spiro atoms. The van der Waals surface area contributed by atoms with Crippen LogP contribution in [-0.4, -0.2) is 70.8 Å². The van der Waals surface area contributed by atoms with Crippen molar-refractivity contribution in [1.82, 2.24) is 34.7 Å². The fraction of sp³-hybridized carbons (Fsp3) is 0.407. The van der Waals surface area contributed by atoms with Crippen molar-refractivity contribution in [3.8, 4) is 11.1 Å². The number of carbonyl (C=O) groups excluding carboxylic acids is 2. The number of aromatic amines is 1. The molecule has 18 heteroatoms. The molecule has 5 heterocycles. The maximum absolute atomic E-state index is 13.4. The number of pyridine rings is 1. The van der Waals surface area contributed by atoms with Gasteiger partial charge in [0.1, 0.15) is 17.3 Å². The number of alkyl halides is 6. The number of nitrogens with two attached hydrogens (primary N) is 3. The zero-order valence-corrected chi connectivity index (χ0v) is 23.9. The molecule has 0 unspecified atom stereocenters. The first kappa shape index (κ1) is 31.7. The third kappa shape index (κ3) is 5.32. The smallest absolute Gasteiger partial charge is 0.383 e. The summed E-state index contributed by atoms with van der Waals surface area (Å²) in [7, 11) is 0. The minimum Gasteiger partial charge on any atom is -0.383 e. The first-order valence-corrected chi connectivity index (χ1v) is 13.7.